The lowest BCUT2D eigenvalue weighted by atomic mass is 9.94. The zero-order chi connectivity index (χ0) is 27.5. The number of hydrogen-bond acceptors (Lipinski definition) is 0. The van der Waals surface area contributed by atoms with Gasteiger partial charge in [-0.2, -0.15) is 0 Å². The van der Waals surface area contributed by atoms with Crippen molar-refractivity contribution < 1.29 is 0 Å². The van der Waals surface area contributed by atoms with Crippen molar-refractivity contribution in [2.24, 2.45) is 0 Å². The minimum atomic E-state index is -0.634. The Morgan fingerprint density at radius 3 is 1.44 bits per heavy atom. The van der Waals surface area contributed by atoms with Gasteiger partial charge >= 0.3 is 0 Å². The number of rotatable bonds is 4. The van der Waals surface area contributed by atoms with Crippen LogP contribution in [-0.2, 0) is 0 Å². The van der Waals surface area contributed by atoms with Gasteiger partial charge in [0.25, 0.3) is 0 Å². The van der Waals surface area contributed by atoms with Gasteiger partial charge < -0.3 is 0 Å². The highest BCUT2D eigenvalue weighted by atomic mass is 31.1. The summed E-state index contributed by atoms with van der Waals surface area (Å²) in [4.78, 5) is 0. The number of hydrogen-bond donors (Lipinski definition) is 0. The lowest BCUT2D eigenvalue weighted by molar-refractivity contribution is 1.49. The van der Waals surface area contributed by atoms with Crippen LogP contribution in [0.15, 0.2) is 140 Å². The highest BCUT2D eigenvalue weighted by Gasteiger charge is 2.23. The summed E-state index contributed by atoms with van der Waals surface area (Å²) in [6, 6.07) is 52.4. The molecule has 0 aromatic heterocycles. The number of benzene rings is 7. The smallest absolute Gasteiger partial charge is 0.00201 e. The Hall–Kier alpha value is -4.51. The predicted molar refractivity (Wildman–Crippen MR) is 179 cm³/mol. The Morgan fingerprint density at radius 2 is 0.878 bits per heavy atom. The van der Waals surface area contributed by atoms with Crippen LogP contribution in [0.3, 0.4) is 0 Å². The van der Waals surface area contributed by atoms with Crippen LogP contribution in [0, 0.1) is 13.8 Å². The summed E-state index contributed by atoms with van der Waals surface area (Å²) in [7, 11) is -0.634. The van der Waals surface area contributed by atoms with Gasteiger partial charge in [-0.25, -0.2) is 0 Å². The predicted octanol–water partition coefficient (Wildman–Crippen LogP) is 9.68. The van der Waals surface area contributed by atoms with E-state index in [2.05, 4.69) is 153 Å². The van der Waals surface area contributed by atoms with Gasteiger partial charge in [0, 0.05) is 0 Å². The standard InChI is InChI=1S/C40H29P/c1-26-10-16-31(17-11-26)41(32-18-12-27(2)13-19-32)33-20-14-28(15-21-33)34-22-23-37-39-25-30-7-4-3-6-29(30)24-38(39)36-9-5-8-35(34)40(36)37/h3-25H,1-2H3. The molecule has 0 N–H and O–H groups in total. The van der Waals surface area contributed by atoms with Gasteiger partial charge in [0.15, 0.2) is 0 Å². The molecular weight excluding hydrogens is 511 g/mol. The van der Waals surface area contributed by atoms with E-state index >= 15 is 0 Å². The second kappa shape index (κ2) is 9.55. The van der Waals surface area contributed by atoms with E-state index < -0.39 is 7.92 Å². The van der Waals surface area contributed by atoms with Gasteiger partial charge in [-0.3, -0.25) is 0 Å². The van der Waals surface area contributed by atoms with Crippen LogP contribution < -0.4 is 15.9 Å². The molecule has 0 unspecified atom stereocenters. The topological polar surface area (TPSA) is 0 Å². The normalized spacial score (nSPS) is 11.9. The van der Waals surface area contributed by atoms with Crippen LogP contribution in [0.2, 0.25) is 0 Å². The average molecular weight is 541 g/mol. The summed E-state index contributed by atoms with van der Waals surface area (Å²) in [5.41, 5.74) is 10.5. The zero-order valence-electron chi connectivity index (χ0n) is 23.2. The monoisotopic (exact) mass is 540 g/mol. The van der Waals surface area contributed by atoms with Crippen molar-refractivity contribution in [1.82, 2.24) is 0 Å². The van der Waals surface area contributed by atoms with Gasteiger partial charge in [-0.05, 0) is 105 Å². The summed E-state index contributed by atoms with van der Waals surface area (Å²) >= 11 is 0. The molecule has 7 aromatic carbocycles. The van der Waals surface area contributed by atoms with Crippen molar-refractivity contribution in [3.63, 3.8) is 0 Å². The van der Waals surface area contributed by atoms with Crippen LogP contribution in [0.4, 0.5) is 0 Å². The maximum absolute atomic E-state index is 2.37. The molecule has 0 fully saturated rings. The van der Waals surface area contributed by atoms with Crippen LogP contribution in [-0.4, -0.2) is 0 Å². The molecule has 0 saturated carbocycles. The third-order valence-corrected chi connectivity index (χ3v) is 11.0. The first kappa shape index (κ1) is 24.3. The van der Waals surface area contributed by atoms with Crippen molar-refractivity contribution in [2.75, 3.05) is 0 Å². The second-order valence-electron chi connectivity index (χ2n) is 11.2. The first-order chi connectivity index (χ1) is 20.1. The average Bonchev–Trinajstić information content (AvgIpc) is 3.32. The number of aryl methyl sites for hydroxylation is 2. The first-order valence-electron chi connectivity index (χ1n) is 14.3. The van der Waals surface area contributed by atoms with Crippen molar-refractivity contribution >= 4 is 45.4 Å². The molecule has 8 rings (SSSR count). The summed E-state index contributed by atoms with van der Waals surface area (Å²) in [6.45, 7) is 4.32. The summed E-state index contributed by atoms with van der Waals surface area (Å²) in [5, 5.41) is 9.45. The number of fused-ring (bicyclic) bond motifs is 4. The molecule has 0 atom stereocenters. The Kier molecular flexibility index (Phi) is 5.66. The third kappa shape index (κ3) is 4.02. The second-order valence-corrected chi connectivity index (χ2v) is 13.4. The van der Waals surface area contributed by atoms with Crippen LogP contribution in [0.1, 0.15) is 11.1 Å². The lowest BCUT2D eigenvalue weighted by Crippen LogP contribution is -2.20. The molecule has 0 radical (unpaired) electrons. The third-order valence-electron chi connectivity index (χ3n) is 8.53. The molecule has 41 heavy (non-hydrogen) atoms. The molecule has 194 valence electrons. The molecule has 0 saturated heterocycles. The van der Waals surface area contributed by atoms with Gasteiger partial charge in [0.2, 0.25) is 0 Å². The Balaban J connectivity index is 1.24. The highest BCUT2D eigenvalue weighted by molar-refractivity contribution is 7.79. The van der Waals surface area contributed by atoms with E-state index in [1.54, 1.807) is 0 Å². The Bertz CT molecular complexity index is 1990. The minimum Gasteiger partial charge on any atom is -0.0616 e. The quantitative estimate of drug-likeness (QED) is 0.195. The summed E-state index contributed by atoms with van der Waals surface area (Å²) in [6.07, 6.45) is 0. The van der Waals surface area contributed by atoms with Gasteiger partial charge in [0.1, 0.15) is 0 Å². The largest absolute Gasteiger partial charge is 0.0616 e. The molecule has 1 aliphatic carbocycles. The van der Waals surface area contributed by atoms with Gasteiger partial charge in [-0.1, -0.05) is 139 Å². The summed E-state index contributed by atoms with van der Waals surface area (Å²) in [5.74, 6) is 0. The van der Waals surface area contributed by atoms with E-state index in [0.717, 1.165) is 0 Å². The van der Waals surface area contributed by atoms with Crippen LogP contribution in [0.5, 0.6) is 0 Å². The maximum atomic E-state index is 2.37. The van der Waals surface area contributed by atoms with E-state index in [4.69, 9.17) is 0 Å². The molecule has 0 aliphatic heterocycles. The minimum absolute atomic E-state index is 0.634. The summed E-state index contributed by atoms with van der Waals surface area (Å²) < 4.78 is 0. The van der Waals surface area contributed by atoms with Gasteiger partial charge in [-0.15, -0.1) is 0 Å². The molecule has 0 spiro atoms. The van der Waals surface area contributed by atoms with Crippen molar-refractivity contribution in [3.05, 3.63) is 151 Å². The van der Waals surface area contributed by atoms with Crippen molar-refractivity contribution in [1.29, 1.82) is 0 Å². The molecule has 7 aromatic rings. The Labute approximate surface area is 242 Å². The van der Waals surface area contributed by atoms with E-state index in [1.165, 1.54) is 82.0 Å². The van der Waals surface area contributed by atoms with Crippen molar-refractivity contribution in [3.8, 4) is 33.4 Å². The molecule has 1 heteroatoms. The van der Waals surface area contributed by atoms with E-state index in [-0.39, 0.29) is 0 Å². The molecule has 0 bridgehead atoms. The van der Waals surface area contributed by atoms with Crippen LogP contribution >= 0.6 is 7.92 Å². The zero-order valence-corrected chi connectivity index (χ0v) is 24.1. The first-order valence-corrected chi connectivity index (χ1v) is 15.6. The van der Waals surface area contributed by atoms with E-state index in [1.807, 2.05) is 0 Å². The van der Waals surface area contributed by atoms with E-state index in [9.17, 15) is 0 Å². The van der Waals surface area contributed by atoms with Gasteiger partial charge in [0.05, 0.1) is 0 Å². The fraction of sp³-hybridized carbons (Fsp3) is 0.0500. The molecule has 0 heterocycles. The fourth-order valence-electron chi connectivity index (χ4n) is 6.42. The van der Waals surface area contributed by atoms with Crippen molar-refractivity contribution in [2.45, 2.75) is 13.8 Å². The SMILES string of the molecule is Cc1ccc(P(c2ccc(C)cc2)c2ccc(-c3ccc4c5c(cccc35)-c3cc5ccccc5cc3-4)cc2)cc1. The molecule has 0 amide bonds. The molecular formula is C40H29P. The Morgan fingerprint density at radius 1 is 0.390 bits per heavy atom. The van der Waals surface area contributed by atoms with Crippen LogP contribution in [0.25, 0.3) is 54.9 Å². The van der Waals surface area contributed by atoms with E-state index in [0.29, 0.717) is 0 Å². The maximum Gasteiger partial charge on any atom is -0.00201 e. The fourth-order valence-corrected chi connectivity index (χ4v) is 8.65. The molecule has 1 aliphatic rings. The lowest BCUT2D eigenvalue weighted by Gasteiger charge is -2.20. The molecule has 0 nitrogen and oxygen atoms in total. The highest BCUT2D eigenvalue weighted by Crippen LogP contribution is 2.50.